The predicted octanol–water partition coefficient (Wildman–Crippen LogP) is 1.93. The molecule has 0 aromatic carbocycles. The minimum absolute atomic E-state index is 0.124. The largest absolute Gasteiger partial charge is 0.355 e. The van der Waals surface area contributed by atoms with Gasteiger partial charge in [-0.25, -0.2) is 0 Å². The molecule has 1 saturated carbocycles. The van der Waals surface area contributed by atoms with Crippen LogP contribution in [-0.2, 0) is 4.79 Å². The Hall–Kier alpha value is -0.570. The van der Waals surface area contributed by atoms with Crippen LogP contribution in [0.1, 0.15) is 46.5 Å². The van der Waals surface area contributed by atoms with Crippen LogP contribution in [0.5, 0.6) is 0 Å². The van der Waals surface area contributed by atoms with Gasteiger partial charge < -0.3 is 10.6 Å². The van der Waals surface area contributed by atoms with Crippen LogP contribution in [-0.4, -0.2) is 25.0 Å². The lowest BCUT2D eigenvalue weighted by molar-refractivity contribution is -0.120. The zero-order valence-corrected chi connectivity index (χ0v) is 10.9. The van der Waals surface area contributed by atoms with E-state index >= 15 is 0 Å². The summed E-state index contributed by atoms with van der Waals surface area (Å²) in [7, 11) is 0. The van der Waals surface area contributed by atoms with Gasteiger partial charge >= 0.3 is 0 Å². The fourth-order valence-corrected chi connectivity index (χ4v) is 2.26. The molecule has 0 unspecified atom stereocenters. The summed E-state index contributed by atoms with van der Waals surface area (Å²) >= 11 is 0. The molecule has 3 nitrogen and oxygen atoms in total. The summed E-state index contributed by atoms with van der Waals surface area (Å²) in [6.45, 7) is 7.65. The highest BCUT2D eigenvalue weighted by Gasteiger charge is 2.21. The lowest BCUT2D eigenvalue weighted by Gasteiger charge is -2.20. The number of hydrogen-bond acceptors (Lipinski definition) is 2. The van der Waals surface area contributed by atoms with Crippen molar-refractivity contribution >= 4 is 5.91 Å². The molecule has 1 fully saturated rings. The van der Waals surface area contributed by atoms with Crippen LogP contribution in [0.3, 0.4) is 0 Å². The van der Waals surface area contributed by atoms with Gasteiger partial charge in [0.2, 0.25) is 5.91 Å². The van der Waals surface area contributed by atoms with Crippen molar-refractivity contribution in [2.24, 2.45) is 11.8 Å². The van der Waals surface area contributed by atoms with E-state index < -0.39 is 0 Å². The Balaban J connectivity index is 2.10. The molecule has 0 radical (unpaired) electrons. The van der Waals surface area contributed by atoms with Crippen molar-refractivity contribution in [1.29, 1.82) is 0 Å². The third-order valence-corrected chi connectivity index (χ3v) is 3.40. The summed E-state index contributed by atoms with van der Waals surface area (Å²) in [4.78, 5) is 11.5. The fraction of sp³-hybridized carbons (Fsp3) is 0.923. The Morgan fingerprint density at radius 3 is 2.44 bits per heavy atom. The Kier molecular flexibility index (Phi) is 5.81. The van der Waals surface area contributed by atoms with Gasteiger partial charge in [0.25, 0.3) is 0 Å². The minimum Gasteiger partial charge on any atom is -0.355 e. The topological polar surface area (TPSA) is 41.1 Å². The summed E-state index contributed by atoms with van der Waals surface area (Å²) in [5.74, 6) is 1.42. The van der Waals surface area contributed by atoms with Crippen molar-refractivity contribution in [1.82, 2.24) is 10.6 Å². The summed E-state index contributed by atoms with van der Waals surface area (Å²) in [5.41, 5.74) is 0. The van der Waals surface area contributed by atoms with Gasteiger partial charge in [-0.1, -0.05) is 26.7 Å². The predicted molar refractivity (Wildman–Crippen MR) is 67.3 cm³/mol. The molecule has 3 heteroatoms. The summed E-state index contributed by atoms with van der Waals surface area (Å²) < 4.78 is 0. The Morgan fingerprint density at radius 2 is 1.88 bits per heavy atom. The van der Waals surface area contributed by atoms with Crippen molar-refractivity contribution in [3.63, 3.8) is 0 Å². The van der Waals surface area contributed by atoms with E-state index in [2.05, 4.69) is 31.4 Å². The molecule has 94 valence electrons. The molecule has 0 bridgehead atoms. The molecule has 0 saturated heterocycles. The normalized spacial score (nSPS) is 19.0. The second-order valence-corrected chi connectivity index (χ2v) is 5.41. The van der Waals surface area contributed by atoms with Gasteiger partial charge in [0.05, 0.1) is 6.54 Å². The number of hydrogen-bond donors (Lipinski definition) is 2. The van der Waals surface area contributed by atoms with E-state index in [9.17, 15) is 4.79 Å². The maximum absolute atomic E-state index is 11.5. The van der Waals surface area contributed by atoms with Gasteiger partial charge in [0.15, 0.2) is 0 Å². The highest BCUT2D eigenvalue weighted by atomic mass is 16.1. The highest BCUT2D eigenvalue weighted by molar-refractivity contribution is 5.77. The number of amides is 1. The smallest absolute Gasteiger partial charge is 0.233 e. The molecule has 16 heavy (non-hydrogen) atoms. The molecule has 0 aromatic heterocycles. The maximum Gasteiger partial charge on any atom is 0.233 e. The Labute approximate surface area is 99.4 Å². The molecule has 1 rings (SSSR count). The van der Waals surface area contributed by atoms with Gasteiger partial charge in [-0.15, -0.1) is 0 Å². The first-order valence-electron chi connectivity index (χ1n) is 6.59. The summed E-state index contributed by atoms with van der Waals surface area (Å²) in [6.07, 6.45) is 5.36. The van der Waals surface area contributed by atoms with Gasteiger partial charge in [0, 0.05) is 12.6 Å². The van der Waals surface area contributed by atoms with E-state index in [0.29, 0.717) is 18.5 Å². The lowest BCUT2D eigenvalue weighted by atomic mass is 10.00. The second-order valence-electron chi connectivity index (χ2n) is 5.41. The zero-order valence-electron chi connectivity index (χ0n) is 10.9. The van der Waals surface area contributed by atoms with Crippen LogP contribution in [0.4, 0.5) is 0 Å². The molecular formula is C13H26N2O. The quantitative estimate of drug-likeness (QED) is 0.726. The highest BCUT2D eigenvalue weighted by Crippen LogP contribution is 2.27. The molecule has 1 aliphatic carbocycles. The number of rotatable bonds is 6. The monoisotopic (exact) mass is 226 g/mol. The number of carbonyl (C=O) groups is 1. The van der Waals surface area contributed by atoms with Crippen molar-refractivity contribution in [3.8, 4) is 0 Å². The lowest BCUT2D eigenvalue weighted by Crippen LogP contribution is -2.41. The molecule has 0 heterocycles. The average molecular weight is 226 g/mol. The summed E-state index contributed by atoms with van der Waals surface area (Å²) in [6, 6.07) is 0.479. The van der Waals surface area contributed by atoms with Crippen LogP contribution in [0, 0.1) is 11.8 Å². The molecule has 1 amide bonds. The number of carbonyl (C=O) groups excluding carboxylic acids is 1. The van der Waals surface area contributed by atoms with E-state index in [1.165, 1.54) is 25.7 Å². The Morgan fingerprint density at radius 1 is 1.25 bits per heavy atom. The molecule has 2 N–H and O–H groups in total. The molecule has 1 atom stereocenters. The van der Waals surface area contributed by atoms with Crippen LogP contribution in [0.2, 0.25) is 0 Å². The standard InChI is InChI=1S/C13H26N2O/c1-10(2)8-15-13(16)9-14-11(3)12-6-4-5-7-12/h10-12,14H,4-9H2,1-3H3,(H,15,16)/t11-/m1/s1. The first kappa shape index (κ1) is 13.5. The van der Waals surface area contributed by atoms with Crippen molar-refractivity contribution in [3.05, 3.63) is 0 Å². The zero-order chi connectivity index (χ0) is 12.0. The van der Waals surface area contributed by atoms with Crippen LogP contribution >= 0.6 is 0 Å². The van der Waals surface area contributed by atoms with E-state index in [0.717, 1.165) is 12.5 Å². The van der Waals surface area contributed by atoms with E-state index in [-0.39, 0.29) is 5.91 Å². The van der Waals surface area contributed by atoms with Gasteiger partial charge in [0.1, 0.15) is 0 Å². The SMILES string of the molecule is CC(C)CNC(=O)CN[C@H](C)C1CCCC1. The maximum atomic E-state index is 11.5. The van der Waals surface area contributed by atoms with Gasteiger partial charge in [-0.3, -0.25) is 4.79 Å². The van der Waals surface area contributed by atoms with Crippen LogP contribution in [0.25, 0.3) is 0 Å². The fourth-order valence-electron chi connectivity index (χ4n) is 2.26. The molecule has 1 aliphatic rings. The van der Waals surface area contributed by atoms with Crippen LogP contribution in [0.15, 0.2) is 0 Å². The average Bonchev–Trinajstić information content (AvgIpc) is 2.76. The number of nitrogens with one attached hydrogen (secondary N) is 2. The van der Waals surface area contributed by atoms with Crippen molar-refractivity contribution < 1.29 is 4.79 Å². The van der Waals surface area contributed by atoms with E-state index in [1.807, 2.05) is 0 Å². The first-order chi connectivity index (χ1) is 7.59. The third-order valence-electron chi connectivity index (χ3n) is 3.40. The molecule has 0 aliphatic heterocycles. The van der Waals surface area contributed by atoms with Gasteiger partial charge in [-0.05, 0) is 31.6 Å². The summed E-state index contributed by atoms with van der Waals surface area (Å²) in [5, 5.41) is 6.26. The molecular weight excluding hydrogens is 200 g/mol. The van der Waals surface area contributed by atoms with Gasteiger partial charge in [-0.2, -0.15) is 0 Å². The molecule has 0 spiro atoms. The second kappa shape index (κ2) is 6.89. The van der Waals surface area contributed by atoms with E-state index in [1.54, 1.807) is 0 Å². The van der Waals surface area contributed by atoms with Crippen molar-refractivity contribution in [2.45, 2.75) is 52.5 Å². The van der Waals surface area contributed by atoms with Crippen LogP contribution < -0.4 is 10.6 Å². The third kappa shape index (κ3) is 4.97. The van der Waals surface area contributed by atoms with Crippen molar-refractivity contribution in [2.75, 3.05) is 13.1 Å². The van der Waals surface area contributed by atoms with E-state index in [4.69, 9.17) is 0 Å². The first-order valence-corrected chi connectivity index (χ1v) is 6.59. The minimum atomic E-state index is 0.124. The Bertz CT molecular complexity index is 210. The molecule has 0 aromatic rings.